The molecule has 1 aromatic heterocycles. The summed E-state index contributed by atoms with van der Waals surface area (Å²) in [6.45, 7) is 1.75. The Labute approximate surface area is 143 Å². The van der Waals surface area contributed by atoms with Crippen molar-refractivity contribution in [2.75, 3.05) is 7.11 Å². The number of hydrogen-bond donors (Lipinski definition) is 3. The Bertz CT molecular complexity index is 944. The summed E-state index contributed by atoms with van der Waals surface area (Å²) in [4.78, 5) is 24.3. The summed E-state index contributed by atoms with van der Waals surface area (Å²) in [7, 11) is 1.56. The highest BCUT2D eigenvalue weighted by Gasteiger charge is 2.18. The Morgan fingerprint density at radius 3 is 2.40 bits per heavy atom. The minimum absolute atomic E-state index is 0.0499. The third-order valence-electron chi connectivity index (χ3n) is 3.77. The number of phenols is 1. The summed E-state index contributed by atoms with van der Waals surface area (Å²) < 4.78 is 10.7. The van der Waals surface area contributed by atoms with Crippen LogP contribution < -0.4 is 15.6 Å². The summed E-state index contributed by atoms with van der Waals surface area (Å²) >= 11 is 0. The van der Waals surface area contributed by atoms with Gasteiger partial charge in [-0.2, -0.15) is 0 Å². The number of methoxy groups -OCH3 is 1. The van der Waals surface area contributed by atoms with Gasteiger partial charge in [0.1, 0.15) is 17.1 Å². The third-order valence-corrected chi connectivity index (χ3v) is 3.77. The molecule has 0 aliphatic carbocycles. The first-order valence-corrected chi connectivity index (χ1v) is 7.46. The predicted octanol–water partition coefficient (Wildman–Crippen LogP) is 2.53. The topological polar surface area (TPSA) is 101 Å². The molecule has 7 nitrogen and oxygen atoms in total. The summed E-state index contributed by atoms with van der Waals surface area (Å²) in [5.74, 6) is -0.268. The molecule has 0 saturated carbocycles. The highest BCUT2D eigenvalue weighted by atomic mass is 16.5. The summed E-state index contributed by atoms with van der Waals surface area (Å²) in [5, 5.41) is 9.98. The number of hydrazine groups is 1. The fraction of sp³-hybridized carbons (Fsp3) is 0.111. The molecule has 1 heterocycles. The van der Waals surface area contributed by atoms with Gasteiger partial charge in [0, 0.05) is 16.5 Å². The number of amides is 2. The standard InChI is InChI=1S/C18H16N2O5/c1-10-14-9-13(24-2)7-8-15(14)25-16(10)18(23)20-19-17(22)11-3-5-12(21)6-4-11/h3-9,21H,1-2H3,(H,19,22)(H,20,23). The molecule has 0 aliphatic heterocycles. The number of carbonyl (C=O) groups excluding carboxylic acids is 2. The zero-order chi connectivity index (χ0) is 18.0. The Kier molecular flexibility index (Phi) is 4.30. The maximum atomic E-state index is 12.3. The Morgan fingerprint density at radius 2 is 1.72 bits per heavy atom. The van der Waals surface area contributed by atoms with Crippen molar-refractivity contribution in [1.29, 1.82) is 0 Å². The van der Waals surface area contributed by atoms with E-state index in [4.69, 9.17) is 9.15 Å². The van der Waals surface area contributed by atoms with Gasteiger partial charge in [0.25, 0.3) is 5.91 Å². The quantitative estimate of drug-likeness (QED) is 0.636. The number of fused-ring (bicyclic) bond motifs is 1. The van der Waals surface area contributed by atoms with Gasteiger partial charge in [0.15, 0.2) is 5.76 Å². The molecule has 0 spiro atoms. The molecule has 3 rings (SSSR count). The zero-order valence-corrected chi connectivity index (χ0v) is 13.6. The number of nitrogens with one attached hydrogen (secondary N) is 2. The smallest absolute Gasteiger partial charge is 0.305 e. The van der Waals surface area contributed by atoms with Crippen LogP contribution in [-0.2, 0) is 0 Å². The lowest BCUT2D eigenvalue weighted by Crippen LogP contribution is -2.41. The summed E-state index contributed by atoms with van der Waals surface area (Å²) in [6.07, 6.45) is 0. The molecule has 0 bridgehead atoms. The van der Waals surface area contributed by atoms with Crippen LogP contribution in [0.25, 0.3) is 11.0 Å². The zero-order valence-electron chi connectivity index (χ0n) is 13.6. The monoisotopic (exact) mass is 340 g/mol. The van der Waals surface area contributed by atoms with Crippen molar-refractivity contribution < 1.29 is 23.8 Å². The second-order valence-corrected chi connectivity index (χ2v) is 5.37. The molecular formula is C18H16N2O5. The number of rotatable bonds is 3. The summed E-state index contributed by atoms with van der Waals surface area (Å²) in [6, 6.07) is 10.9. The minimum atomic E-state index is -0.570. The van der Waals surface area contributed by atoms with Gasteiger partial charge in [-0.05, 0) is 49.4 Å². The highest BCUT2D eigenvalue weighted by Crippen LogP contribution is 2.28. The average molecular weight is 340 g/mol. The molecule has 25 heavy (non-hydrogen) atoms. The normalized spacial score (nSPS) is 10.5. The lowest BCUT2D eigenvalue weighted by molar-refractivity contribution is 0.0831. The van der Waals surface area contributed by atoms with Crippen LogP contribution in [0.4, 0.5) is 0 Å². The molecule has 2 amide bonds. The van der Waals surface area contributed by atoms with Crippen molar-refractivity contribution in [3.8, 4) is 11.5 Å². The van der Waals surface area contributed by atoms with Crippen LogP contribution in [0.15, 0.2) is 46.9 Å². The number of ether oxygens (including phenoxy) is 1. The molecule has 0 radical (unpaired) electrons. The van der Waals surface area contributed by atoms with Crippen LogP contribution >= 0.6 is 0 Å². The molecule has 3 N–H and O–H groups in total. The van der Waals surface area contributed by atoms with Gasteiger partial charge in [-0.1, -0.05) is 0 Å². The first kappa shape index (κ1) is 16.4. The van der Waals surface area contributed by atoms with E-state index in [1.807, 2.05) is 0 Å². The molecule has 0 saturated heterocycles. The van der Waals surface area contributed by atoms with Gasteiger partial charge in [0.05, 0.1) is 7.11 Å². The molecule has 0 fully saturated rings. The molecule has 2 aromatic carbocycles. The van der Waals surface area contributed by atoms with Gasteiger partial charge in [-0.3, -0.25) is 20.4 Å². The van der Waals surface area contributed by atoms with Crippen LogP contribution in [0.2, 0.25) is 0 Å². The Balaban J connectivity index is 1.75. The number of carbonyl (C=O) groups is 2. The molecule has 0 unspecified atom stereocenters. The Hall–Kier alpha value is -3.48. The van der Waals surface area contributed by atoms with Crippen molar-refractivity contribution in [2.24, 2.45) is 0 Å². The van der Waals surface area contributed by atoms with Crippen LogP contribution in [-0.4, -0.2) is 24.0 Å². The van der Waals surface area contributed by atoms with E-state index in [2.05, 4.69) is 10.9 Å². The van der Waals surface area contributed by atoms with E-state index in [1.54, 1.807) is 32.2 Å². The molecular weight excluding hydrogens is 324 g/mol. The van der Waals surface area contributed by atoms with Gasteiger partial charge >= 0.3 is 5.91 Å². The number of furan rings is 1. The van der Waals surface area contributed by atoms with Crippen LogP contribution in [0.3, 0.4) is 0 Å². The van der Waals surface area contributed by atoms with E-state index >= 15 is 0 Å². The molecule has 0 atom stereocenters. The van der Waals surface area contributed by atoms with Gasteiger partial charge in [-0.15, -0.1) is 0 Å². The number of benzene rings is 2. The SMILES string of the molecule is COc1ccc2oc(C(=O)NNC(=O)c3ccc(O)cc3)c(C)c2c1. The minimum Gasteiger partial charge on any atom is -0.508 e. The fourth-order valence-electron chi connectivity index (χ4n) is 2.40. The first-order chi connectivity index (χ1) is 12.0. The van der Waals surface area contributed by atoms with Crippen molar-refractivity contribution in [3.63, 3.8) is 0 Å². The van der Waals surface area contributed by atoms with E-state index in [9.17, 15) is 14.7 Å². The first-order valence-electron chi connectivity index (χ1n) is 7.46. The van der Waals surface area contributed by atoms with E-state index in [1.165, 1.54) is 24.3 Å². The Morgan fingerprint density at radius 1 is 1.04 bits per heavy atom. The number of hydrogen-bond acceptors (Lipinski definition) is 5. The molecule has 3 aromatic rings. The van der Waals surface area contributed by atoms with E-state index in [0.717, 1.165) is 5.39 Å². The lowest BCUT2D eigenvalue weighted by atomic mass is 10.1. The van der Waals surface area contributed by atoms with E-state index in [-0.39, 0.29) is 11.5 Å². The predicted molar refractivity (Wildman–Crippen MR) is 90.5 cm³/mol. The van der Waals surface area contributed by atoms with Crippen molar-refractivity contribution in [2.45, 2.75) is 6.92 Å². The van der Waals surface area contributed by atoms with Crippen molar-refractivity contribution in [1.82, 2.24) is 10.9 Å². The largest absolute Gasteiger partial charge is 0.508 e. The summed E-state index contributed by atoms with van der Waals surface area (Å²) in [5.41, 5.74) is 6.11. The maximum Gasteiger partial charge on any atom is 0.305 e. The van der Waals surface area contributed by atoms with Gasteiger partial charge in [0.2, 0.25) is 0 Å². The van der Waals surface area contributed by atoms with Crippen LogP contribution in [0.5, 0.6) is 11.5 Å². The average Bonchev–Trinajstić information content (AvgIpc) is 2.96. The van der Waals surface area contributed by atoms with Crippen LogP contribution in [0.1, 0.15) is 26.5 Å². The van der Waals surface area contributed by atoms with E-state index in [0.29, 0.717) is 22.5 Å². The highest BCUT2D eigenvalue weighted by molar-refractivity contribution is 6.01. The molecule has 7 heteroatoms. The van der Waals surface area contributed by atoms with Gasteiger partial charge < -0.3 is 14.3 Å². The third kappa shape index (κ3) is 3.25. The lowest BCUT2D eigenvalue weighted by Gasteiger charge is -2.06. The molecule has 128 valence electrons. The van der Waals surface area contributed by atoms with Gasteiger partial charge in [-0.25, -0.2) is 0 Å². The number of aromatic hydroxyl groups is 1. The van der Waals surface area contributed by atoms with Crippen molar-refractivity contribution in [3.05, 3.63) is 59.4 Å². The van der Waals surface area contributed by atoms with Crippen LogP contribution in [0, 0.1) is 6.92 Å². The van der Waals surface area contributed by atoms with E-state index < -0.39 is 11.8 Å². The van der Waals surface area contributed by atoms with Crippen molar-refractivity contribution >= 4 is 22.8 Å². The molecule has 0 aliphatic rings. The second kappa shape index (κ2) is 6.56. The fourth-order valence-corrected chi connectivity index (χ4v) is 2.40. The number of phenolic OH excluding ortho intramolecular Hbond substituents is 1. The number of aryl methyl sites for hydroxylation is 1. The second-order valence-electron chi connectivity index (χ2n) is 5.37. The maximum absolute atomic E-state index is 12.3.